The molecule has 0 saturated carbocycles. The molecule has 0 N–H and O–H groups in total. The summed E-state index contributed by atoms with van der Waals surface area (Å²) in [7, 11) is 2.08. The van der Waals surface area contributed by atoms with Gasteiger partial charge in [0.2, 0.25) is 0 Å². The van der Waals surface area contributed by atoms with Gasteiger partial charge in [0.05, 0.1) is 11.2 Å². The molecule has 0 spiro atoms. The van der Waals surface area contributed by atoms with E-state index in [1.807, 2.05) is 0 Å². The number of fused-ring (bicyclic) bond motifs is 5. The first kappa shape index (κ1) is 10.6. The van der Waals surface area contributed by atoms with Crippen LogP contribution < -0.4 is 0 Å². The Labute approximate surface area is 111 Å². The van der Waals surface area contributed by atoms with Crippen LogP contribution in [0.2, 0.25) is 0 Å². The third-order valence-corrected chi connectivity index (χ3v) is 3.79. The average molecular weight is 246 g/mol. The standard InChI is InChI=1S/C17H14N2/c1-11-7-8-14-13(9-11)17-12-5-3-4-6-16(12)19(2)10-15(17)18-14/h3-10H,1-2H3. The van der Waals surface area contributed by atoms with Crippen molar-refractivity contribution in [2.45, 2.75) is 6.92 Å². The highest BCUT2D eigenvalue weighted by atomic mass is 14.9. The molecule has 0 amide bonds. The molecule has 4 rings (SSSR count). The Kier molecular flexibility index (Phi) is 1.99. The smallest absolute Gasteiger partial charge is 0.0885 e. The second-order valence-electron chi connectivity index (χ2n) is 5.15. The van der Waals surface area contributed by atoms with Gasteiger partial charge in [-0.05, 0) is 25.1 Å². The number of nitrogens with zero attached hydrogens (tertiary/aromatic N) is 2. The molecule has 2 aromatic carbocycles. The Balaban J connectivity index is 2.32. The molecule has 0 unspecified atom stereocenters. The molecular weight excluding hydrogens is 232 g/mol. The van der Waals surface area contributed by atoms with Gasteiger partial charge in [0.15, 0.2) is 0 Å². The van der Waals surface area contributed by atoms with E-state index in [0.717, 1.165) is 11.2 Å². The van der Waals surface area contributed by atoms with Gasteiger partial charge >= 0.3 is 0 Å². The zero-order valence-electron chi connectivity index (χ0n) is 11.0. The van der Waals surface area contributed by atoms with Gasteiger partial charge in [0, 0.05) is 35.1 Å². The number of hydrogen-bond acceptors (Lipinski definition) is 1. The number of hydrogen-bond donors (Lipinski definition) is 0. The van der Waals surface area contributed by atoms with Crippen LogP contribution in [-0.4, -0.2) is 9.55 Å². The van der Waals surface area contributed by atoms with Crippen LogP contribution in [0.1, 0.15) is 5.56 Å². The Hall–Kier alpha value is -2.35. The largest absolute Gasteiger partial charge is 0.348 e. The Morgan fingerprint density at radius 2 is 1.84 bits per heavy atom. The molecule has 2 aliphatic heterocycles. The molecule has 19 heavy (non-hydrogen) atoms. The topological polar surface area (TPSA) is 17.8 Å². The molecule has 0 aromatic heterocycles. The summed E-state index contributed by atoms with van der Waals surface area (Å²) in [6.45, 7) is 2.13. The normalized spacial score (nSPS) is 11.7. The van der Waals surface area contributed by atoms with Crippen molar-refractivity contribution in [3.05, 3.63) is 54.2 Å². The minimum Gasteiger partial charge on any atom is -0.348 e. The number of aryl methyl sites for hydroxylation is 2. The lowest BCUT2D eigenvalue weighted by Crippen LogP contribution is -1.95. The lowest BCUT2D eigenvalue weighted by molar-refractivity contribution is 0.951. The van der Waals surface area contributed by atoms with Crippen LogP contribution in [0.5, 0.6) is 0 Å². The predicted molar refractivity (Wildman–Crippen MR) is 79.6 cm³/mol. The number of aromatic nitrogens is 2. The molecule has 2 heteroatoms. The molecule has 0 saturated heterocycles. The van der Waals surface area contributed by atoms with Crippen molar-refractivity contribution < 1.29 is 0 Å². The van der Waals surface area contributed by atoms with E-state index in [0.29, 0.717) is 0 Å². The fraction of sp³-hybridized carbons (Fsp3) is 0.118. The van der Waals surface area contributed by atoms with E-state index in [4.69, 9.17) is 4.98 Å². The van der Waals surface area contributed by atoms with Crippen molar-refractivity contribution in [3.63, 3.8) is 0 Å². The summed E-state index contributed by atoms with van der Waals surface area (Å²) in [5.74, 6) is 0. The molecule has 92 valence electrons. The third-order valence-electron chi connectivity index (χ3n) is 3.79. The molecule has 0 radical (unpaired) electrons. The summed E-state index contributed by atoms with van der Waals surface area (Å²) >= 11 is 0. The van der Waals surface area contributed by atoms with Gasteiger partial charge in [-0.15, -0.1) is 0 Å². The van der Waals surface area contributed by atoms with Crippen LogP contribution in [0.4, 0.5) is 0 Å². The maximum Gasteiger partial charge on any atom is 0.0885 e. The Morgan fingerprint density at radius 1 is 1.00 bits per heavy atom. The summed E-state index contributed by atoms with van der Waals surface area (Å²) in [5, 5.41) is 2.53. The molecule has 2 aromatic rings. The SMILES string of the molecule is Cc1ccc2nc3cn(C)c4ccccc4c-3c2c1. The molecule has 2 heterocycles. The first-order chi connectivity index (χ1) is 9.24. The zero-order valence-corrected chi connectivity index (χ0v) is 11.0. The van der Waals surface area contributed by atoms with E-state index in [1.165, 1.54) is 27.4 Å². The van der Waals surface area contributed by atoms with Crippen molar-refractivity contribution in [3.8, 4) is 11.3 Å². The monoisotopic (exact) mass is 246 g/mol. The van der Waals surface area contributed by atoms with E-state index < -0.39 is 0 Å². The molecule has 0 atom stereocenters. The minimum atomic E-state index is 1.07. The number of benzene rings is 2. The van der Waals surface area contributed by atoms with Crippen LogP contribution in [0.15, 0.2) is 48.7 Å². The van der Waals surface area contributed by atoms with E-state index in [-0.39, 0.29) is 0 Å². The first-order valence-corrected chi connectivity index (χ1v) is 6.48. The highest BCUT2D eigenvalue weighted by Crippen LogP contribution is 2.37. The van der Waals surface area contributed by atoms with E-state index >= 15 is 0 Å². The molecule has 2 aliphatic rings. The van der Waals surface area contributed by atoms with Crippen molar-refractivity contribution in [2.24, 2.45) is 7.05 Å². The van der Waals surface area contributed by atoms with Gasteiger partial charge < -0.3 is 4.57 Å². The summed E-state index contributed by atoms with van der Waals surface area (Å²) in [5.41, 5.74) is 5.94. The highest BCUT2D eigenvalue weighted by Gasteiger charge is 2.16. The van der Waals surface area contributed by atoms with Crippen molar-refractivity contribution >= 4 is 21.8 Å². The van der Waals surface area contributed by atoms with Crippen LogP contribution in [0.25, 0.3) is 33.1 Å². The maximum atomic E-state index is 4.75. The van der Waals surface area contributed by atoms with Gasteiger partial charge in [0.25, 0.3) is 0 Å². The molecular formula is C17H14N2. The van der Waals surface area contributed by atoms with Gasteiger partial charge in [-0.2, -0.15) is 0 Å². The summed E-state index contributed by atoms with van der Waals surface area (Å²) in [6, 6.07) is 15.0. The van der Waals surface area contributed by atoms with Crippen LogP contribution in [0, 0.1) is 6.92 Å². The van der Waals surface area contributed by atoms with E-state index in [1.54, 1.807) is 0 Å². The number of para-hydroxylation sites is 1. The lowest BCUT2D eigenvalue weighted by Gasteiger charge is -2.10. The molecule has 2 nitrogen and oxygen atoms in total. The Morgan fingerprint density at radius 3 is 2.74 bits per heavy atom. The lowest BCUT2D eigenvalue weighted by atomic mass is 10.0. The van der Waals surface area contributed by atoms with Crippen molar-refractivity contribution in [2.75, 3.05) is 0 Å². The minimum absolute atomic E-state index is 1.07. The molecule has 0 fully saturated rings. The third kappa shape index (κ3) is 1.40. The maximum absolute atomic E-state index is 4.75. The number of rotatable bonds is 0. The second-order valence-corrected chi connectivity index (χ2v) is 5.15. The predicted octanol–water partition coefficient (Wildman–Crippen LogP) is 4.14. The summed E-state index contributed by atoms with van der Waals surface area (Å²) in [4.78, 5) is 4.75. The van der Waals surface area contributed by atoms with Crippen molar-refractivity contribution in [1.82, 2.24) is 9.55 Å². The van der Waals surface area contributed by atoms with E-state index in [9.17, 15) is 0 Å². The van der Waals surface area contributed by atoms with Crippen molar-refractivity contribution in [1.29, 1.82) is 0 Å². The van der Waals surface area contributed by atoms with Gasteiger partial charge in [-0.3, -0.25) is 0 Å². The quantitative estimate of drug-likeness (QED) is 0.456. The summed E-state index contributed by atoms with van der Waals surface area (Å²) < 4.78 is 2.15. The first-order valence-electron chi connectivity index (χ1n) is 6.48. The van der Waals surface area contributed by atoms with Crippen LogP contribution in [0.3, 0.4) is 0 Å². The fourth-order valence-electron chi connectivity index (χ4n) is 2.89. The molecule has 0 aliphatic carbocycles. The van der Waals surface area contributed by atoms with Gasteiger partial charge in [0.1, 0.15) is 0 Å². The van der Waals surface area contributed by atoms with Gasteiger partial charge in [-0.1, -0.05) is 29.8 Å². The fourth-order valence-corrected chi connectivity index (χ4v) is 2.89. The zero-order chi connectivity index (χ0) is 13.0. The molecule has 0 bridgehead atoms. The van der Waals surface area contributed by atoms with E-state index in [2.05, 4.69) is 67.2 Å². The van der Waals surface area contributed by atoms with Crippen LogP contribution in [-0.2, 0) is 7.05 Å². The van der Waals surface area contributed by atoms with Crippen LogP contribution >= 0.6 is 0 Å². The highest BCUT2D eigenvalue weighted by molar-refractivity contribution is 6.09. The van der Waals surface area contributed by atoms with Gasteiger partial charge in [-0.25, -0.2) is 4.98 Å². The average Bonchev–Trinajstić information content (AvgIpc) is 2.76. The second kappa shape index (κ2) is 3.58. The number of pyridine rings is 1. The summed E-state index contributed by atoms with van der Waals surface area (Å²) in [6.07, 6.45) is 2.12. The Bertz CT molecular complexity index is 887.